The molecular formula is C25H28N8O. The van der Waals surface area contributed by atoms with Crippen molar-refractivity contribution < 1.29 is 5.11 Å². The van der Waals surface area contributed by atoms with Crippen LogP contribution in [-0.2, 0) is 0 Å². The van der Waals surface area contributed by atoms with Crippen LogP contribution < -0.4 is 16.0 Å². The fourth-order valence-corrected chi connectivity index (χ4v) is 4.31. The number of rotatable bonds is 6. The molecule has 4 N–H and O–H groups in total. The summed E-state index contributed by atoms with van der Waals surface area (Å²) in [4.78, 5) is 15.5. The van der Waals surface area contributed by atoms with E-state index >= 15 is 0 Å². The molecule has 9 heteroatoms. The van der Waals surface area contributed by atoms with Gasteiger partial charge < -0.3 is 21.1 Å². The molecule has 0 aliphatic carbocycles. The average Bonchev–Trinajstić information content (AvgIpc) is 3.31. The minimum Gasteiger partial charge on any atom is -0.397 e. The second kappa shape index (κ2) is 9.48. The third kappa shape index (κ3) is 4.69. The molecule has 1 aliphatic rings. The molecule has 2 aromatic carbocycles. The zero-order chi connectivity index (χ0) is 23.5. The van der Waals surface area contributed by atoms with E-state index in [1.54, 1.807) is 17.2 Å². The van der Waals surface area contributed by atoms with Crippen LogP contribution in [0.1, 0.15) is 18.7 Å². The number of benzene rings is 2. The largest absolute Gasteiger partial charge is 0.397 e. The number of aliphatic hydroxyl groups excluding tert-OH is 1. The van der Waals surface area contributed by atoms with E-state index in [1.807, 2.05) is 55.5 Å². The molecule has 0 saturated carbocycles. The molecule has 34 heavy (non-hydrogen) atoms. The SMILES string of the molecule is Cc1ncn(-c2ccc(Nc3nccc(-c4ccc(N5CCCC(CO)C5)c(N)c4)n3)cc2)n1. The summed E-state index contributed by atoms with van der Waals surface area (Å²) in [7, 11) is 0. The molecule has 1 aliphatic heterocycles. The molecule has 174 valence electrons. The van der Waals surface area contributed by atoms with E-state index in [0.29, 0.717) is 17.6 Å². The van der Waals surface area contributed by atoms with Crippen LogP contribution in [0.15, 0.2) is 61.1 Å². The van der Waals surface area contributed by atoms with E-state index in [1.165, 1.54) is 0 Å². The zero-order valence-corrected chi connectivity index (χ0v) is 19.1. The minimum atomic E-state index is 0.216. The van der Waals surface area contributed by atoms with Gasteiger partial charge in [0.1, 0.15) is 12.2 Å². The number of nitrogens with two attached hydrogens (primary N) is 1. The molecule has 1 unspecified atom stereocenters. The van der Waals surface area contributed by atoms with Crippen LogP contribution in [0.2, 0.25) is 0 Å². The van der Waals surface area contributed by atoms with Crippen LogP contribution in [0.3, 0.4) is 0 Å². The number of nitrogen functional groups attached to an aromatic ring is 1. The van der Waals surface area contributed by atoms with Gasteiger partial charge in [0.2, 0.25) is 5.95 Å². The summed E-state index contributed by atoms with van der Waals surface area (Å²) in [5, 5.41) is 17.1. The molecule has 9 nitrogen and oxygen atoms in total. The van der Waals surface area contributed by atoms with Gasteiger partial charge in [-0.1, -0.05) is 6.07 Å². The lowest BCUT2D eigenvalue weighted by atomic mass is 9.98. The maximum absolute atomic E-state index is 9.53. The van der Waals surface area contributed by atoms with Crippen molar-refractivity contribution in [1.29, 1.82) is 0 Å². The minimum absolute atomic E-state index is 0.216. The van der Waals surface area contributed by atoms with Crippen LogP contribution in [0.25, 0.3) is 16.9 Å². The molecule has 0 bridgehead atoms. The number of aromatic nitrogens is 5. The standard InChI is InChI=1S/C25H28N8O/c1-17-28-16-33(31-17)21-7-5-20(6-8-21)29-25-27-11-10-23(30-25)19-4-9-24(22(26)13-19)32-12-2-3-18(14-32)15-34/h4-11,13,16,18,34H,2-3,12,14-15,26H2,1H3,(H,27,29,30). The molecular weight excluding hydrogens is 428 g/mol. The summed E-state index contributed by atoms with van der Waals surface area (Å²) >= 11 is 0. The summed E-state index contributed by atoms with van der Waals surface area (Å²) in [5.41, 5.74) is 11.7. The fourth-order valence-electron chi connectivity index (χ4n) is 4.31. The highest BCUT2D eigenvalue weighted by atomic mass is 16.3. The quantitative estimate of drug-likeness (QED) is 0.377. The van der Waals surface area contributed by atoms with E-state index in [4.69, 9.17) is 5.73 Å². The predicted molar refractivity (Wildman–Crippen MR) is 133 cm³/mol. The first-order valence-corrected chi connectivity index (χ1v) is 11.4. The second-order valence-electron chi connectivity index (χ2n) is 8.58. The Labute approximate surface area is 198 Å². The Bertz CT molecular complexity index is 1270. The number of hydrogen-bond donors (Lipinski definition) is 3. The summed E-state index contributed by atoms with van der Waals surface area (Å²) in [5.74, 6) is 1.54. The highest BCUT2D eigenvalue weighted by Crippen LogP contribution is 2.32. The molecule has 4 aromatic rings. The summed E-state index contributed by atoms with van der Waals surface area (Å²) in [6.45, 7) is 3.86. The zero-order valence-electron chi connectivity index (χ0n) is 19.1. The Balaban J connectivity index is 1.31. The molecule has 2 aromatic heterocycles. The number of nitrogens with zero attached hydrogens (tertiary/aromatic N) is 6. The van der Waals surface area contributed by atoms with Crippen molar-refractivity contribution in [3.05, 3.63) is 66.9 Å². The Morgan fingerprint density at radius 2 is 1.97 bits per heavy atom. The van der Waals surface area contributed by atoms with Crippen LogP contribution in [0.5, 0.6) is 0 Å². The van der Waals surface area contributed by atoms with Gasteiger partial charge in [-0.3, -0.25) is 0 Å². The fraction of sp³-hybridized carbons (Fsp3) is 0.280. The van der Waals surface area contributed by atoms with Gasteiger partial charge in [-0.2, -0.15) is 5.10 Å². The van der Waals surface area contributed by atoms with Crippen LogP contribution in [0.4, 0.5) is 23.0 Å². The van der Waals surface area contributed by atoms with Crippen LogP contribution in [0, 0.1) is 12.8 Å². The van der Waals surface area contributed by atoms with Gasteiger partial charge >= 0.3 is 0 Å². The average molecular weight is 457 g/mol. The summed E-state index contributed by atoms with van der Waals surface area (Å²) in [6, 6.07) is 15.7. The van der Waals surface area contributed by atoms with E-state index in [0.717, 1.165) is 60.1 Å². The van der Waals surface area contributed by atoms with E-state index in [2.05, 4.69) is 30.3 Å². The van der Waals surface area contributed by atoms with Crippen molar-refractivity contribution in [2.24, 2.45) is 5.92 Å². The van der Waals surface area contributed by atoms with Gasteiger partial charge in [-0.05, 0) is 68.1 Å². The number of aliphatic hydroxyl groups is 1. The van der Waals surface area contributed by atoms with Crippen molar-refractivity contribution >= 4 is 23.0 Å². The maximum atomic E-state index is 9.53. The van der Waals surface area contributed by atoms with Crippen molar-refractivity contribution in [1.82, 2.24) is 24.7 Å². The lowest BCUT2D eigenvalue weighted by Gasteiger charge is -2.34. The van der Waals surface area contributed by atoms with Gasteiger partial charge in [0.05, 0.1) is 22.8 Å². The van der Waals surface area contributed by atoms with E-state index in [9.17, 15) is 5.11 Å². The first-order chi connectivity index (χ1) is 16.6. The van der Waals surface area contributed by atoms with Crippen molar-refractivity contribution in [2.45, 2.75) is 19.8 Å². The molecule has 3 heterocycles. The predicted octanol–water partition coefficient (Wildman–Crippen LogP) is 3.57. The Hall–Kier alpha value is -3.98. The van der Waals surface area contributed by atoms with Crippen molar-refractivity contribution in [2.75, 3.05) is 35.6 Å². The highest BCUT2D eigenvalue weighted by Gasteiger charge is 2.21. The van der Waals surface area contributed by atoms with Gasteiger partial charge in [-0.15, -0.1) is 0 Å². The Morgan fingerprint density at radius 3 is 2.71 bits per heavy atom. The molecule has 1 saturated heterocycles. The van der Waals surface area contributed by atoms with Crippen molar-refractivity contribution in [3.63, 3.8) is 0 Å². The van der Waals surface area contributed by atoms with E-state index in [-0.39, 0.29) is 6.61 Å². The first kappa shape index (κ1) is 21.8. The monoisotopic (exact) mass is 456 g/mol. The summed E-state index contributed by atoms with van der Waals surface area (Å²) in [6.07, 6.45) is 5.55. The molecule has 1 fully saturated rings. The Morgan fingerprint density at radius 1 is 1.12 bits per heavy atom. The Kier molecular flexibility index (Phi) is 6.09. The normalized spacial score (nSPS) is 15.9. The summed E-state index contributed by atoms with van der Waals surface area (Å²) < 4.78 is 1.73. The van der Waals surface area contributed by atoms with Crippen molar-refractivity contribution in [3.8, 4) is 16.9 Å². The maximum Gasteiger partial charge on any atom is 0.227 e. The number of piperidine rings is 1. The highest BCUT2D eigenvalue weighted by molar-refractivity contribution is 5.76. The molecule has 1 atom stereocenters. The van der Waals surface area contributed by atoms with Gasteiger partial charge in [-0.25, -0.2) is 19.6 Å². The number of anilines is 4. The lowest BCUT2D eigenvalue weighted by molar-refractivity contribution is 0.209. The molecule has 0 spiro atoms. The third-order valence-electron chi connectivity index (χ3n) is 6.09. The molecule has 0 radical (unpaired) electrons. The number of hydrogen-bond acceptors (Lipinski definition) is 8. The molecule has 5 rings (SSSR count). The topological polar surface area (TPSA) is 118 Å². The number of nitrogens with one attached hydrogen (secondary N) is 1. The lowest BCUT2D eigenvalue weighted by Crippen LogP contribution is -2.37. The number of aryl methyl sites for hydroxylation is 1. The third-order valence-corrected chi connectivity index (χ3v) is 6.09. The van der Waals surface area contributed by atoms with Gasteiger partial charge in [0.25, 0.3) is 0 Å². The molecule has 0 amide bonds. The van der Waals surface area contributed by atoms with Crippen LogP contribution in [-0.4, -0.2) is 49.5 Å². The van der Waals surface area contributed by atoms with Crippen LogP contribution >= 0.6 is 0 Å². The second-order valence-corrected chi connectivity index (χ2v) is 8.58. The van der Waals surface area contributed by atoms with E-state index < -0.39 is 0 Å². The van der Waals surface area contributed by atoms with Gasteiger partial charge in [0.15, 0.2) is 0 Å². The smallest absolute Gasteiger partial charge is 0.227 e. The van der Waals surface area contributed by atoms with Gasteiger partial charge in [0, 0.05) is 37.1 Å². The first-order valence-electron chi connectivity index (χ1n) is 11.4.